The third-order valence-electron chi connectivity index (χ3n) is 3.99. The Morgan fingerprint density at radius 1 is 1.23 bits per heavy atom. The molecule has 0 aliphatic heterocycles. The molecule has 2 rings (SSSR count). The van der Waals surface area contributed by atoms with Crippen LogP contribution >= 0.6 is 12.4 Å². The molecule has 1 amide bonds. The molecular weight excluding hydrogens is 304 g/mol. The van der Waals surface area contributed by atoms with Crippen molar-refractivity contribution in [1.29, 1.82) is 0 Å². The van der Waals surface area contributed by atoms with Crippen LogP contribution in [0.2, 0.25) is 0 Å². The molecule has 1 aromatic carbocycles. The number of rotatable bonds is 5. The number of benzene rings is 1. The van der Waals surface area contributed by atoms with Crippen LogP contribution in [-0.2, 0) is 0 Å². The Bertz CT molecular complexity index is 474. The van der Waals surface area contributed by atoms with Gasteiger partial charge in [-0.25, -0.2) is 0 Å². The van der Waals surface area contributed by atoms with Crippen LogP contribution in [0.15, 0.2) is 18.2 Å². The predicted molar refractivity (Wildman–Crippen MR) is 89.1 cm³/mol. The lowest BCUT2D eigenvalue weighted by atomic mass is 9.86. The zero-order valence-electron chi connectivity index (χ0n) is 13.1. The monoisotopic (exact) mass is 328 g/mol. The minimum absolute atomic E-state index is 0. The first-order valence-electron chi connectivity index (χ1n) is 7.39. The van der Waals surface area contributed by atoms with Crippen molar-refractivity contribution in [3.05, 3.63) is 23.8 Å². The molecule has 0 spiro atoms. The summed E-state index contributed by atoms with van der Waals surface area (Å²) in [6.07, 6.45) is 4.36. The number of hydrogen-bond donors (Lipinski definition) is 2. The average molecular weight is 329 g/mol. The summed E-state index contributed by atoms with van der Waals surface area (Å²) in [6.45, 7) is 0.673. The first-order chi connectivity index (χ1) is 10.1. The maximum atomic E-state index is 12.3. The summed E-state index contributed by atoms with van der Waals surface area (Å²) in [4.78, 5) is 12.3. The number of carbonyl (C=O) groups excluding carboxylic acids is 1. The zero-order chi connectivity index (χ0) is 15.2. The molecule has 0 bridgehead atoms. The third-order valence-corrected chi connectivity index (χ3v) is 3.99. The standard InChI is InChI=1S/C16H24N2O3.ClH/c1-20-14-7-12(8-15(9-14)21-2)16(19)18-10-11-4-3-5-13(17)6-11;/h7-9,11,13H,3-6,10,17H2,1-2H3,(H,18,19);1H. The number of halogens is 1. The van der Waals surface area contributed by atoms with Crippen molar-refractivity contribution in [1.82, 2.24) is 5.32 Å². The smallest absolute Gasteiger partial charge is 0.251 e. The van der Waals surface area contributed by atoms with E-state index in [2.05, 4.69) is 5.32 Å². The molecule has 1 aliphatic rings. The van der Waals surface area contributed by atoms with E-state index in [1.807, 2.05) is 0 Å². The molecule has 2 atom stereocenters. The van der Waals surface area contributed by atoms with Crippen LogP contribution in [0, 0.1) is 5.92 Å². The SMILES string of the molecule is COc1cc(OC)cc(C(=O)NCC2CCCC(N)C2)c1.Cl. The van der Waals surface area contributed by atoms with E-state index in [1.165, 1.54) is 0 Å². The van der Waals surface area contributed by atoms with Crippen LogP contribution in [-0.4, -0.2) is 32.7 Å². The number of amides is 1. The molecule has 0 heterocycles. The van der Waals surface area contributed by atoms with Crippen molar-refractivity contribution >= 4 is 18.3 Å². The van der Waals surface area contributed by atoms with Crippen LogP contribution in [0.25, 0.3) is 0 Å². The highest BCUT2D eigenvalue weighted by Crippen LogP contribution is 2.24. The van der Waals surface area contributed by atoms with Gasteiger partial charge in [-0.3, -0.25) is 4.79 Å². The van der Waals surface area contributed by atoms with E-state index >= 15 is 0 Å². The highest BCUT2D eigenvalue weighted by molar-refractivity contribution is 5.95. The van der Waals surface area contributed by atoms with Crippen molar-refractivity contribution in [2.24, 2.45) is 11.7 Å². The van der Waals surface area contributed by atoms with Gasteiger partial charge in [-0.15, -0.1) is 12.4 Å². The molecule has 1 aromatic rings. The second kappa shape index (κ2) is 8.86. The van der Waals surface area contributed by atoms with E-state index in [1.54, 1.807) is 32.4 Å². The maximum Gasteiger partial charge on any atom is 0.251 e. The van der Waals surface area contributed by atoms with Gasteiger partial charge in [0.2, 0.25) is 0 Å². The Kier molecular flexibility index (Phi) is 7.48. The normalized spacial score (nSPS) is 20.7. The van der Waals surface area contributed by atoms with Gasteiger partial charge in [0, 0.05) is 24.2 Å². The van der Waals surface area contributed by atoms with E-state index in [4.69, 9.17) is 15.2 Å². The van der Waals surface area contributed by atoms with Gasteiger partial charge in [0.05, 0.1) is 14.2 Å². The van der Waals surface area contributed by atoms with Crippen LogP contribution in [0.4, 0.5) is 0 Å². The third kappa shape index (κ3) is 5.07. The van der Waals surface area contributed by atoms with Gasteiger partial charge < -0.3 is 20.5 Å². The number of hydrogen-bond acceptors (Lipinski definition) is 4. The molecule has 2 unspecified atom stereocenters. The minimum Gasteiger partial charge on any atom is -0.497 e. The first-order valence-corrected chi connectivity index (χ1v) is 7.39. The fraction of sp³-hybridized carbons (Fsp3) is 0.562. The van der Waals surface area contributed by atoms with E-state index < -0.39 is 0 Å². The number of methoxy groups -OCH3 is 2. The summed E-state index contributed by atoms with van der Waals surface area (Å²) in [5.41, 5.74) is 6.52. The van der Waals surface area contributed by atoms with Gasteiger partial charge in [-0.2, -0.15) is 0 Å². The molecule has 3 N–H and O–H groups in total. The lowest BCUT2D eigenvalue weighted by Gasteiger charge is -2.26. The van der Waals surface area contributed by atoms with Gasteiger partial charge in [-0.05, 0) is 37.3 Å². The zero-order valence-corrected chi connectivity index (χ0v) is 13.9. The highest BCUT2D eigenvalue weighted by atomic mass is 35.5. The number of nitrogens with one attached hydrogen (secondary N) is 1. The van der Waals surface area contributed by atoms with Gasteiger partial charge >= 0.3 is 0 Å². The summed E-state index contributed by atoms with van der Waals surface area (Å²) in [6, 6.07) is 5.45. The summed E-state index contributed by atoms with van der Waals surface area (Å²) < 4.78 is 10.4. The second-order valence-electron chi connectivity index (χ2n) is 5.60. The largest absolute Gasteiger partial charge is 0.497 e. The van der Waals surface area contributed by atoms with Crippen LogP contribution in [0.1, 0.15) is 36.0 Å². The fourth-order valence-corrected chi connectivity index (χ4v) is 2.80. The Morgan fingerprint density at radius 2 is 1.86 bits per heavy atom. The van der Waals surface area contributed by atoms with E-state index in [9.17, 15) is 4.79 Å². The molecule has 22 heavy (non-hydrogen) atoms. The lowest BCUT2D eigenvalue weighted by Crippen LogP contribution is -2.35. The minimum atomic E-state index is -0.105. The van der Waals surface area contributed by atoms with E-state index in [-0.39, 0.29) is 24.4 Å². The quantitative estimate of drug-likeness (QED) is 0.870. The van der Waals surface area contributed by atoms with Crippen molar-refractivity contribution in [3.8, 4) is 11.5 Å². The van der Waals surface area contributed by atoms with Crippen molar-refractivity contribution in [2.75, 3.05) is 20.8 Å². The predicted octanol–water partition coefficient (Wildman–Crippen LogP) is 2.37. The summed E-state index contributed by atoms with van der Waals surface area (Å²) in [5, 5.41) is 2.99. The Morgan fingerprint density at radius 3 is 2.41 bits per heavy atom. The maximum absolute atomic E-state index is 12.3. The molecule has 1 saturated carbocycles. The van der Waals surface area contributed by atoms with Gasteiger partial charge in [0.25, 0.3) is 5.91 Å². The van der Waals surface area contributed by atoms with Gasteiger partial charge in [0.1, 0.15) is 11.5 Å². The second-order valence-corrected chi connectivity index (χ2v) is 5.60. The Balaban J connectivity index is 0.00000242. The van der Waals surface area contributed by atoms with Gasteiger partial charge in [0.15, 0.2) is 0 Å². The Labute approximate surface area is 138 Å². The van der Waals surface area contributed by atoms with E-state index in [0.29, 0.717) is 29.5 Å². The van der Waals surface area contributed by atoms with Crippen molar-refractivity contribution < 1.29 is 14.3 Å². The molecular formula is C16H25ClN2O3. The van der Waals surface area contributed by atoms with Gasteiger partial charge in [-0.1, -0.05) is 6.42 Å². The summed E-state index contributed by atoms with van der Waals surface area (Å²) in [5.74, 6) is 1.59. The lowest BCUT2D eigenvalue weighted by molar-refractivity contribution is 0.0941. The van der Waals surface area contributed by atoms with Crippen LogP contribution in [0.5, 0.6) is 11.5 Å². The highest BCUT2D eigenvalue weighted by Gasteiger charge is 2.20. The summed E-state index contributed by atoms with van der Waals surface area (Å²) >= 11 is 0. The Hall–Kier alpha value is -1.46. The molecule has 5 nitrogen and oxygen atoms in total. The average Bonchev–Trinajstić information content (AvgIpc) is 2.52. The number of carbonyl (C=O) groups is 1. The first kappa shape index (κ1) is 18.6. The van der Waals surface area contributed by atoms with E-state index in [0.717, 1.165) is 25.7 Å². The molecule has 6 heteroatoms. The fourth-order valence-electron chi connectivity index (χ4n) is 2.80. The number of nitrogens with two attached hydrogens (primary N) is 1. The van der Waals surface area contributed by atoms with Crippen LogP contribution < -0.4 is 20.5 Å². The molecule has 124 valence electrons. The molecule has 1 aliphatic carbocycles. The topological polar surface area (TPSA) is 73.6 Å². The van der Waals surface area contributed by atoms with Crippen LogP contribution in [0.3, 0.4) is 0 Å². The molecule has 0 radical (unpaired) electrons. The van der Waals surface area contributed by atoms with Crippen molar-refractivity contribution in [2.45, 2.75) is 31.7 Å². The van der Waals surface area contributed by atoms with Crippen molar-refractivity contribution in [3.63, 3.8) is 0 Å². The summed E-state index contributed by atoms with van der Waals surface area (Å²) in [7, 11) is 3.14. The molecule has 1 fully saturated rings. The number of ether oxygens (including phenoxy) is 2. The molecule has 0 aromatic heterocycles. The molecule has 0 saturated heterocycles.